The molecule has 3 aromatic rings. The summed E-state index contributed by atoms with van der Waals surface area (Å²) in [5.74, 6) is 0. The first kappa shape index (κ1) is 13.7. The molecule has 21 heavy (non-hydrogen) atoms. The minimum absolute atomic E-state index is 0.00843. The zero-order chi connectivity index (χ0) is 15.0. The van der Waals surface area contributed by atoms with Gasteiger partial charge in [-0.15, -0.1) is 0 Å². The molecule has 2 heterocycles. The van der Waals surface area contributed by atoms with E-state index in [4.69, 9.17) is 5.73 Å². The molecule has 3 N–H and O–H groups in total. The number of sulfone groups is 1. The van der Waals surface area contributed by atoms with Crippen LogP contribution in [-0.2, 0) is 16.4 Å². The van der Waals surface area contributed by atoms with Gasteiger partial charge in [0.1, 0.15) is 5.52 Å². The number of hydrogen-bond donors (Lipinski definition) is 2. The number of fused-ring (bicyclic) bond motifs is 1. The van der Waals surface area contributed by atoms with Crippen molar-refractivity contribution in [1.82, 2.24) is 15.0 Å². The number of rotatable bonds is 3. The van der Waals surface area contributed by atoms with Crippen LogP contribution in [0.5, 0.6) is 0 Å². The van der Waals surface area contributed by atoms with Gasteiger partial charge < -0.3 is 10.7 Å². The van der Waals surface area contributed by atoms with Crippen molar-refractivity contribution in [2.24, 2.45) is 5.73 Å². The molecule has 3 rings (SSSR count). The summed E-state index contributed by atoms with van der Waals surface area (Å²) < 4.78 is 25.5. The molecular weight excluding hydrogens is 288 g/mol. The summed E-state index contributed by atoms with van der Waals surface area (Å²) in [5.41, 5.74) is 7.79. The first-order chi connectivity index (χ1) is 10.0. The molecule has 0 bridgehead atoms. The van der Waals surface area contributed by atoms with Gasteiger partial charge in [0.25, 0.3) is 0 Å². The maximum Gasteiger partial charge on any atom is 0.225 e. The molecule has 108 valence electrons. The molecule has 0 saturated heterocycles. The van der Waals surface area contributed by atoms with E-state index in [1.54, 1.807) is 30.5 Å². The van der Waals surface area contributed by atoms with Crippen molar-refractivity contribution in [3.05, 3.63) is 47.8 Å². The van der Waals surface area contributed by atoms with E-state index >= 15 is 0 Å². The lowest BCUT2D eigenvalue weighted by Crippen LogP contribution is -2.13. The maximum absolute atomic E-state index is 12.8. The van der Waals surface area contributed by atoms with E-state index in [1.807, 2.05) is 13.0 Å². The van der Waals surface area contributed by atoms with Gasteiger partial charge in [-0.05, 0) is 30.7 Å². The second-order valence-electron chi connectivity index (χ2n) is 4.71. The van der Waals surface area contributed by atoms with Crippen LogP contribution >= 0.6 is 0 Å². The number of benzene rings is 1. The van der Waals surface area contributed by atoms with Crippen molar-refractivity contribution >= 4 is 21.0 Å². The molecule has 0 fully saturated rings. The molecular formula is C14H14N4O2S. The van der Waals surface area contributed by atoms with Crippen molar-refractivity contribution < 1.29 is 8.42 Å². The highest BCUT2D eigenvalue weighted by molar-refractivity contribution is 7.91. The van der Waals surface area contributed by atoms with Crippen LogP contribution in [-0.4, -0.2) is 23.4 Å². The minimum Gasteiger partial charge on any atom is -0.345 e. The predicted octanol–water partition coefficient (Wildman–Crippen LogP) is 1.56. The van der Waals surface area contributed by atoms with Gasteiger partial charge in [0.05, 0.1) is 10.6 Å². The third-order valence-corrected chi connectivity index (χ3v) is 4.88. The SMILES string of the molecule is Cc1cccc(S(=O)(=O)c2nc3[nH]ccc3nc2CN)c1. The average Bonchev–Trinajstić information content (AvgIpc) is 2.93. The molecule has 6 nitrogen and oxygen atoms in total. The lowest BCUT2D eigenvalue weighted by molar-refractivity contribution is 0.590. The van der Waals surface area contributed by atoms with Gasteiger partial charge in [-0.1, -0.05) is 12.1 Å². The second-order valence-corrected chi connectivity index (χ2v) is 6.58. The van der Waals surface area contributed by atoms with Gasteiger partial charge in [0, 0.05) is 12.7 Å². The number of hydrogen-bond acceptors (Lipinski definition) is 5. The van der Waals surface area contributed by atoms with Crippen LogP contribution < -0.4 is 5.73 Å². The zero-order valence-corrected chi connectivity index (χ0v) is 12.2. The van der Waals surface area contributed by atoms with Crippen LogP contribution in [0.2, 0.25) is 0 Å². The van der Waals surface area contributed by atoms with Crippen molar-refractivity contribution in [1.29, 1.82) is 0 Å². The van der Waals surface area contributed by atoms with Crippen molar-refractivity contribution in [3.63, 3.8) is 0 Å². The van der Waals surface area contributed by atoms with Crippen LogP contribution in [0.3, 0.4) is 0 Å². The van der Waals surface area contributed by atoms with Gasteiger partial charge in [-0.25, -0.2) is 18.4 Å². The summed E-state index contributed by atoms with van der Waals surface area (Å²) in [6, 6.07) is 8.41. The lowest BCUT2D eigenvalue weighted by Gasteiger charge is -2.08. The second kappa shape index (κ2) is 4.94. The molecule has 1 aromatic carbocycles. The summed E-state index contributed by atoms with van der Waals surface area (Å²) in [6.07, 6.45) is 1.66. The quantitative estimate of drug-likeness (QED) is 0.764. The normalized spacial score (nSPS) is 11.9. The Hall–Kier alpha value is -2.25. The van der Waals surface area contributed by atoms with Gasteiger partial charge >= 0.3 is 0 Å². The summed E-state index contributed by atoms with van der Waals surface area (Å²) in [6.45, 7) is 1.84. The predicted molar refractivity (Wildman–Crippen MR) is 78.4 cm³/mol. The Morgan fingerprint density at radius 2 is 2.05 bits per heavy atom. The third-order valence-electron chi connectivity index (χ3n) is 3.17. The Labute approximate surface area is 122 Å². The Morgan fingerprint density at radius 3 is 2.76 bits per heavy atom. The van der Waals surface area contributed by atoms with Crippen molar-refractivity contribution in [2.75, 3.05) is 0 Å². The highest BCUT2D eigenvalue weighted by atomic mass is 32.2. The Kier molecular flexibility index (Phi) is 3.23. The first-order valence-corrected chi connectivity index (χ1v) is 7.86. The first-order valence-electron chi connectivity index (χ1n) is 6.38. The van der Waals surface area contributed by atoms with E-state index in [0.717, 1.165) is 5.56 Å². The van der Waals surface area contributed by atoms with Crippen LogP contribution in [0.4, 0.5) is 0 Å². The molecule has 0 aliphatic heterocycles. The Morgan fingerprint density at radius 1 is 1.24 bits per heavy atom. The number of aromatic nitrogens is 3. The molecule has 0 radical (unpaired) electrons. The molecule has 0 amide bonds. The fourth-order valence-corrected chi connectivity index (χ4v) is 3.61. The van der Waals surface area contributed by atoms with Crippen LogP contribution in [0.15, 0.2) is 46.5 Å². The van der Waals surface area contributed by atoms with Gasteiger partial charge in [-0.2, -0.15) is 0 Å². The smallest absolute Gasteiger partial charge is 0.225 e. The average molecular weight is 302 g/mol. The van der Waals surface area contributed by atoms with E-state index in [2.05, 4.69) is 15.0 Å². The number of aryl methyl sites for hydroxylation is 1. The largest absolute Gasteiger partial charge is 0.345 e. The molecule has 0 atom stereocenters. The number of H-pyrrole nitrogens is 1. The number of nitrogens with one attached hydrogen (secondary N) is 1. The fraction of sp³-hybridized carbons (Fsp3) is 0.143. The Bertz CT molecular complexity index is 916. The van der Waals surface area contributed by atoms with E-state index in [9.17, 15) is 8.42 Å². The molecule has 0 saturated carbocycles. The van der Waals surface area contributed by atoms with Gasteiger partial charge in [0.15, 0.2) is 10.7 Å². The maximum atomic E-state index is 12.8. The number of nitrogens with two attached hydrogens (primary N) is 1. The highest BCUT2D eigenvalue weighted by Crippen LogP contribution is 2.23. The van der Waals surface area contributed by atoms with E-state index in [1.165, 1.54) is 0 Å². The summed E-state index contributed by atoms with van der Waals surface area (Å²) >= 11 is 0. The summed E-state index contributed by atoms with van der Waals surface area (Å²) in [7, 11) is -3.75. The van der Waals surface area contributed by atoms with Crippen LogP contribution in [0.1, 0.15) is 11.3 Å². The van der Waals surface area contributed by atoms with Crippen molar-refractivity contribution in [3.8, 4) is 0 Å². The fourth-order valence-electron chi connectivity index (χ4n) is 2.13. The number of aromatic amines is 1. The molecule has 0 spiro atoms. The van der Waals surface area contributed by atoms with Crippen LogP contribution in [0.25, 0.3) is 11.2 Å². The topological polar surface area (TPSA) is 102 Å². The standard InChI is InChI=1S/C14H14N4O2S/c1-9-3-2-4-10(7-9)21(19,20)14-12(8-15)17-11-5-6-16-13(11)18-14/h2-7H,8,15H2,1H3,(H,16,18). The summed E-state index contributed by atoms with van der Waals surface area (Å²) in [5, 5.41) is -0.0921. The molecule has 2 aromatic heterocycles. The monoisotopic (exact) mass is 302 g/mol. The van der Waals surface area contributed by atoms with E-state index in [-0.39, 0.29) is 22.2 Å². The highest BCUT2D eigenvalue weighted by Gasteiger charge is 2.24. The number of nitrogens with zero attached hydrogens (tertiary/aromatic N) is 2. The molecule has 0 aliphatic carbocycles. The lowest BCUT2D eigenvalue weighted by atomic mass is 10.2. The molecule has 7 heteroatoms. The minimum atomic E-state index is -3.75. The van der Waals surface area contributed by atoms with Gasteiger partial charge in [0.2, 0.25) is 9.84 Å². The van der Waals surface area contributed by atoms with Crippen molar-refractivity contribution in [2.45, 2.75) is 23.4 Å². The molecule has 0 aliphatic rings. The van der Waals surface area contributed by atoms with E-state index in [0.29, 0.717) is 11.2 Å². The third kappa shape index (κ3) is 2.30. The van der Waals surface area contributed by atoms with Gasteiger partial charge in [-0.3, -0.25) is 0 Å². The van der Waals surface area contributed by atoms with E-state index < -0.39 is 9.84 Å². The Balaban J connectivity index is 2.27. The zero-order valence-electron chi connectivity index (χ0n) is 11.4. The van der Waals surface area contributed by atoms with Crippen LogP contribution in [0, 0.1) is 6.92 Å². The summed E-state index contributed by atoms with van der Waals surface area (Å²) in [4.78, 5) is 11.5. The molecule has 0 unspecified atom stereocenters.